The Kier molecular flexibility index (Phi) is 4.69. The van der Waals surface area contributed by atoms with E-state index in [1.54, 1.807) is 6.07 Å². The lowest BCUT2D eigenvalue weighted by atomic mass is 10.2. The van der Waals surface area contributed by atoms with Crippen molar-refractivity contribution < 1.29 is 14.7 Å². The van der Waals surface area contributed by atoms with Gasteiger partial charge < -0.3 is 15.7 Å². The summed E-state index contributed by atoms with van der Waals surface area (Å²) in [6, 6.07) is 1.84. The van der Waals surface area contributed by atoms with Gasteiger partial charge in [0.25, 0.3) is 5.91 Å². The Morgan fingerprint density at radius 3 is 2.90 bits per heavy atom. The number of aliphatic hydroxyl groups excluding tert-OH is 1. The summed E-state index contributed by atoms with van der Waals surface area (Å²) in [6.45, 7) is -0.306. The summed E-state index contributed by atoms with van der Waals surface area (Å²) in [7, 11) is 0. The van der Waals surface area contributed by atoms with Crippen LogP contribution in [0.25, 0.3) is 0 Å². The summed E-state index contributed by atoms with van der Waals surface area (Å²) in [6.07, 6.45) is 4.92. The molecule has 1 aromatic rings. The second kappa shape index (κ2) is 6.68. The van der Waals surface area contributed by atoms with Crippen LogP contribution in [-0.2, 0) is 4.79 Å². The molecule has 6 nitrogen and oxygen atoms in total. The van der Waals surface area contributed by atoms with Gasteiger partial charge in [-0.3, -0.25) is 14.6 Å². The molecule has 0 atom stereocenters. The van der Waals surface area contributed by atoms with Gasteiger partial charge in [0, 0.05) is 24.0 Å². The van der Waals surface area contributed by atoms with Crippen molar-refractivity contribution in [1.82, 2.24) is 15.6 Å². The van der Waals surface area contributed by atoms with Gasteiger partial charge in [0.1, 0.15) is 6.61 Å². The Labute approximate surface area is 116 Å². The molecule has 0 spiro atoms. The quantitative estimate of drug-likeness (QED) is 0.641. The number of hydrogen-bond donors (Lipinski definition) is 3. The monoisotopic (exact) mass is 273 g/mol. The number of nitrogens with one attached hydrogen (secondary N) is 2. The van der Waals surface area contributed by atoms with E-state index in [9.17, 15) is 9.59 Å². The molecule has 0 unspecified atom stereocenters. The molecule has 0 aromatic carbocycles. The number of pyridine rings is 1. The van der Waals surface area contributed by atoms with E-state index in [0.717, 1.165) is 12.8 Å². The number of carbonyl (C=O) groups excluding carboxylic acids is 2. The molecule has 0 aliphatic heterocycles. The van der Waals surface area contributed by atoms with Crippen LogP contribution in [0.2, 0.25) is 0 Å². The van der Waals surface area contributed by atoms with Gasteiger partial charge in [0.05, 0.1) is 12.1 Å². The summed E-state index contributed by atoms with van der Waals surface area (Å²) in [4.78, 5) is 27.2. The van der Waals surface area contributed by atoms with E-state index in [1.165, 1.54) is 12.4 Å². The van der Waals surface area contributed by atoms with Crippen molar-refractivity contribution in [3.05, 3.63) is 29.6 Å². The molecule has 1 aliphatic carbocycles. The van der Waals surface area contributed by atoms with Crippen molar-refractivity contribution in [1.29, 1.82) is 0 Å². The van der Waals surface area contributed by atoms with E-state index in [4.69, 9.17) is 5.11 Å². The fourth-order valence-corrected chi connectivity index (χ4v) is 1.54. The van der Waals surface area contributed by atoms with Crippen molar-refractivity contribution in [2.45, 2.75) is 18.9 Å². The summed E-state index contributed by atoms with van der Waals surface area (Å²) in [5, 5.41) is 13.9. The van der Waals surface area contributed by atoms with Crippen LogP contribution in [-0.4, -0.2) is 41.1 Å². The third-order valence-corrected chi connectivity index (χ3v) is 2.66. The molecule has 0 bridgehead atoms. The predicted octanol–water partition coefficient (Wildman–Crippen LogP) is -0.566. The van der Waals surface area contributed by atoms with Crippen molar-refractivity contribution in [3.8, 4) is 11.8 Å². The van der Waals surface area contributed by atoms with Crippen molar-refractivity contribution in [3.63, 3.8) is 0 Å². The van der Waals surface area contributed by atoms with Gasteiger partial charge in [0.2, 0.25) is 5.91 Å². The third kappa shape index (κ3) is 4.37. The summed E-state index contributed by atoms with van der Waals surface area (Å²) in [5.41, 5.74) is 0.864. The molecule has 1 fully saturated rings. The van der Waals surface area contributed by atoms with Gasteiger partial charge in [-0.15, -0.1) is 0 Å². The second-order valence-electron chi connectivity index (χ2n) is 4.45. The molecule has 1 aliphatic rings. The first-order chi connectivity index (χ1) is 9.69. The topological polar surface area (TPSA) is 91.3 Å². The van der Waals surface area contributed by atoms with E-state index in [1.807, 2.05) is 0 Å². The summed E-state index contributed by atoms with van der Waals surface area (Å²) >= 11 is 0. The molecule has 20 heavy (non-hydrogen) atoms. The molecule has 2 rings (SSSR count). The van der Waals surface area contributed by atoms with E-state index in [2.05, 4.69) is 27.5 Å². The largest absolute Gasteiger partial charge is 0.384 e. The van der Waals surface area contributed by atoms with E-state index >= 15 is 0 Å². The van der Waals surface area contributed by atoms with Crippen LogP contribution in [0.5, 0.6) is 0 Å². The average molecular weight is 273 g/mol. The molecular formula is C14H15N3O3. The number of aromatic nitrogens is 1. The first-order valence-corrected chi connectivity index (χ1v) is 6.31. The molecule has 1 saturated carbocycles. The lowest BCUT2D eigenvalue weighted by Crippen LogP contribution is -2.37. The van der Waals surface area contributed by atoms with Gasteiger partial charge in [-0.05, 0) is 18.9 Å². The van der Waals surface area contributed by atoms with Crippen molar-refractivity contribution >= 4 is 11.8 Å². The number of hydrogen-bond acceptors (Lipinski definition) is 4. The van der Waals surface area contributed by atoms with E-state index < -0.39 is 0 Å². The highest BCUT2D eigenvalue weighted by Crippen LogP contribution is 2.18. The molecule has 1 heterocycles. The Balaban J connectivity index is 1.89. The fourth-order valence-electron chi connectivity index (χ4n) is 1.54. The van der Waals surface area contributed by atoms with Crippen LogP contribution in [0.3, 0.4) is 0 Å². The molecule has 6 heteroatoms. The Morgan fingerprint density at radius 1 is 1.40 bits per heavy atom. The average Bonchev–Trinajstić information content (AvgIpc) is 3.26. The fraction of sp³-hybridized carbons (Fsp3) is 0.357. The Bertz CT molecular complexity index is 571. The number of aliphatic hydroxyl groups is 1. The molecular weight excluding hydrogens is 258 g/mol. The Hall–Kier alpha value is -2.39. The van der Waals surface area contributed by atoms with Gasteiger partial charge in [-0.25, -0.2) is 0 Å². The molecule has 104 valence electrons. The van der Waals surface area contributed by atoms with Gasteiger partial charge in [-0.1, -0.05) is 11.8 Å². The van der Waals surface area contributed by atoms with Crippen LogP contribution in [0.1, 0.15) is 28.8 Å². The summed E-state index contributed by atoms with van der Waals surface area (Å²) < 4.78 is 0. The molecule has 3 N–H and O–H groups in total. The normalized spacial score (nSPS) is 13.1. The molecule has 0 radical (unpaired) electrons. The van der Waals surface area contributed by atoms with Gasteiger partial charge >= 0.3 is 0 Å². The predicted molar refractivity (Wildman–Crippen MR) is 71.7 cm³/mol. The smallest absolute Gasteiger partial charge is 0.253 e. The van der Waals surface area contributed by atoms with Crippen LogP contribution in [0.4, 0.5) is 0 Å². The SMILES string of the molecule is O=C(CNC(=O)c1cncc(C#CCO)c1)NC1CC1. The highest BCUT2D eigenvalue weighted by Gasteiger charge is 2.23. The maximum Gasteiger partial charge on any atom is 0.253 e. The highest BCUT2D eigenvalue weighted by molar-refractivity contribution is 5.96. The standard InChI is InChI=1S/C14H15N3O3/c18-5-1-2-10-6-11(8-15-7-10)14(20)16-9-13(19)17-12-3-4-12/h6-8,12,18H,3-5,9H2,(H,16,20)(H,17,19). The van der Waals surface area contributed by atoms with Crippen molar-refractivity contribution in [2.75, 3.05) is 13.2 Å². The van der Waals surface area contributed by atoms with Gasteiger partial charge in [0.15, 0.2) is 0 Å². The summed E-state index contributed by atoms with van der Waals surface area (Å²) in [5.74, 6) is 4.58. The highest BCUT2D eigenvalue weighted by atomic mass is 16.2. The zero-order valence-corrected chi connectivity index (χ0v) is 10.8. The van der Waals surface area contributed by atoms with Crippen LogP contribution in [0, 0.1) is 11.8 Å². The lowest BCUT2D eigenvalue weighted by Gasteiger charge is -2.05. The minimum absolute atomic E-state index is 0.0537. The maximum atomic E-state index is 11.8. The van der Waals surface area contributed by atoms with E-state index in [-0.39, 0.29) is 31.0 Å². The second-order valence-corrected chi connectivity index (χ2v) is 4.45. The third-order valence-electron chi connectivity index (χ3n) is 2.66. The number of carbonyl (C=O) groups is 2. The minimum atomic E-state index is -0.379. The van der Waals surface area contributed by atoms with Gasteiger partial charge in [-0.2, -0.15) is 0 Å². The van der Waals surface area contributed by atoms with E-state index in [0.29, 0.717) is 11.1 Å². The van der Waals surface area contributed by atoms with Crippen LogP contribution in [0.15, 0.2) is 18.5 Å². The number of amides is 2. The first kappa shape index (κ1) is 14.0. The van der Waals surface area contributed by atoms with Crippen LogP contribution < -0.4 is 10.6 Å². The molecule has 0 saturated heterocycles. The minimum Gasteiger partial charge on any atom is -0.384 e. The maximum absolute atomic E-state index is 11.8. The zero-order chi connectivity index (χ0) is 14.4. The first-order valence-electron chi connectivity index (χ1n) is 6.31. The number of nitrogens with zero attached hydrogens (tertiary/aromatic N) is 1. The number of rotatable bonds is 4. The zero-order valence-electron chi connectivity index (χ0n) is 10.8. The van der Waals surface area contributed by atoms with Crippen LogP contribution >= 0.6 is 0 Å². The Morgan fingerprint density at radius 2 is 2.20 bits per heavy atom. The molecule has 1 aromatic heterocycles. The lowest BCUT2D eigenvalue weighted by molar-refractivity contribution is -0.120. The molecule has 2 amide bonds. The van der Waals surface area contributed by atoms with Crippen molar-refractivity contribution in [2.24, 2.45) is 0 Å².